The maximum Gasteiger partial charge on any atom is 0.416 e. The molecule has 0 radical (unpaired) electrons. The van der Waals surface area contributed by atoms with Crippen LogP contribution in [0.3, 0.4) is 0 Å². The van der Waals surface area contributed by atoms with Gasteiger partial charge >= 0.3 is 6.18 Å². The Hall–Kier alpha value is -1.35. The molecule has 1 aromatic heterocycles. The van der Waals surface area contributed by atoms with Crippen LogP contribution >= 0.6 is 22.9 Å². The van der Waals surface area contributed by atoms with E-state index in [-0.39, 0.29) is 0 Å². The number of halogens is 4. The minimum Gasteiger partial charge on any atom is -0.380 e. The van der Waals surface area contributed by atoms with Gasteiger partial charge in [0.2, 0.25) is 0 Å². The van der Waals surface area contributed by atoms with Crippen molar-refractivity contribution in [2.24, 2.45) is 0 Å². The van der Waals surface area contributed by atoms with Gasteiger partial charge in [-0.05, 0) is 30.8 Å². The van der Waals surface area contributed by atoms with E-state index < -0.39 is 11.7 Å². The molecule has 9 heteroatoms. The van der Waals surface area contributed by atoms with E-state index in [2.05, 4.69) is 27.1 Å². The lowest BCUT2D eigenvalue weighted by Gasteiger charge is -2.32. The fraction of sp³-hybridized carbons (Fsp3) is 0.471. The van der Waals surface area contributed by atoms with Crippen molar-refractivity contribution in [3.63, 3.8) is 0 Å². The van der Waals surface area contributed by atoms with Crippen molar-refractivity contribution in [1.82, 2.24) is 14.8 Å². The van der Waals surface area contributed by atoms with E-state index in [1.165, 1.54) is 17.4 Å². The second-order valence-electron chi connectivity index (χ2n) is 6.43. The van der Waals surface area contributed by atoms with Crippen LogP contribution in [0.2, 0.25) is 4.47 Å². The van der Waals surface area contributed by atoms with Gasteiger partial charge in [-0.1, -0.05) is 11.6 Å². The number of anilines is 1. The van der Waals surface area contributed by atoms with Crippen molar-refractivity contribution in [3.8, 4) is 0 Å². The molecule has 26 heavy (non-hydrogen) atoms. The standard InChI is InChI=1S/C17H20ClF3N4S/c1-24-2-4-25(5-3-24)11-12-6-13(17(19,20)21)8-14(7-12)22-9-15-10-23-16(18)26-15/h6-8,10,22H,2-5,9,11H2,1H3. The monoisotopic (exact) mass is 404 g/mol. The van der Waals surface area contributed by atoms with Crippen molar-refractivity contribution in [3.05, 3.63) is 44.9 Å². The average Bonchev–Trinajstić information content (AvgIpc) is 3.00. The third-order valence-electron chi connectivity index (χ3n) is 4.31. The molecular formula is C17H20ClF3N4S. The Morgan fingerprint density at radius 1 is 1.19 bits per heavy atom. The maximum absolute atomic E-state index is 13.3. The molecule has 1 N–H and O–H groups in total. The normalized spacial score (nSPS) is 16.8. The lowest BCUT2D eigenvalue weighted by atomic mass is 10.1. The Morgan fingerprint density at radius 2 is 1.92 bits per heavy atom. The molecule has 0 aliphatic carbocycles. The highest BCUT2D eigenvalue weighted by Crippen LogP contribution is 2.32. The zero-order valence-corrected chi connectivity index (χ0v) is 15.9. The molecule has 0 atom stereocenters. The number of nitrogens with one attached hydrogen (secondary N) is 1. The molecule has 2 aromatic rings. The first-order valence-electron chi connectivity index (χ1n) is 8.26. The van der Waals surface area contributed by atoms with E-state index in [0.717, 1.165) is 37.1 Å². The number of benzene rings is 1. The SMILES string of the molecule is CN1CCN(Cc2cc(NCc3cnc(Cl)s3)cc(C(F)(F)F)c2)CC1. The average molecular weight is 405 g/mol. The molecule has 1 aliphatic heterocycles. The van der Waals surface area contributed by atoms with E-state index in [9.17, 15) is 13.2 Å². The Kier molecular flexibility index (Phi) is 6.06. The predicted molar refractivity (Wildman–Crippen MR) is 98.7 cm³/mol. The number of likely N-dealkylation sites (N-methyl/N-ethyl adjacent to an activating group) is 1. The van der Waals surface area contributed by atoms with Gasteiger partial charge in [0.1, 0.15) is 0 Å². The number of rotatable bonds is 5. The molecule has 0 saturated carbocycles. The third-order valence-corrected chi connectivity index (χ3v) is 5.43. The summed E-state index contributed by atoms with van der Waals surface area (Å²) in [4.78, 5) is 9.21. The van der Waals surface area contributed by atoms with Crippen molar-refractivity contribution < 1.29 is 13.2 Å². The van der Waals surface area contributed by atoms with Crippen molar-refractivity contribution in [2.75, 3.05) is 38.5 Å². The van der Waals surface area contributed by atoms with Crippen LogP contribution in [0.25, 0.3) is 0 Å². The largest absolute Gasteiger partial charge is 0.416 e. The lowest BCUT2D eigenvalue weighted by molar-refractivity contribution is -0.137. The summed E-state index contributed by atoms with van der Waals surface area (Å²) in [5.41, 5.74) is 0.483. The molecule has 0 bridgehead atoms. The molecule has 2 heterocycles. The Morgan fingerprint density at radius 3 is 2.54 bits per heavy atom. The summed E-state index contributed by atoms with van der Waals surface area (Å²) >= 11 is 7.10. The van der Waals surface area contributed by atoms with Crippen molar-refractivity contribution in [2.45, 2.75) is 19.3 Å². The van der Waals surface area contributed by atoms with Crippen LogP contribution in [0.15, 0.2) is 24.4 Å². The van der Waals surface area contributed by atoms with Crippen LogP contribution in [0.1, 0.15) is 16.0 Å². The quantitative estimate of drug-likeness (QED) is 0.810. The number of hydrogen-bond donors (Lipinski definition) is 1. The third kappa shape index (κ3) is 5.33. The molecule has 0 spiro atoms. The minimum absolute atomic E-state index is 0.389. The Labute approximate surface area is 159 Å². The van der Waals surface area contributed by atoms with E-state index in [1.807, 2.05) is 0 Å². The topological polar surface area (TPSA) is 31.4 Å². The molecular weight excluding hydrogens is 385 g/mol. The van der Waals surface area contributed by atoms with Gasteiger partial charge in [-0.15, -0.1) is 11.3 Å². The summed E-state index contributed by atoms with van der Waals surface area (Å²) in [6, 6.07) is 4.18. The van der Waals surface area contributed by atoms with Gasteiger partial charge in [0.05, 0.1) is 12.1 Å². The fourth-order valence-electron chi connectivity index (χ4n) is 2.87. The maximum atomic E-state index is 13.3. The van der Waals surface area contributed by atoms with E-state index in [1.54, 1.807) is 12.3 Å². The second kappa shape index (κ2) is 8.12. The number of alkyl halides is 3. The van der Waals surface area contributed by atoms with Gasteiger partial charge in [0.25, 0.3) is 0 Å². The second-order valence-corrected chi connectivity index (χ2v) is 8.13. The van der Waals surface area contributed by atoms with Gasteiger partial charge in [0.15, 0.2) is 4.47 Å². The number of thiazole rings is 1. The summed E-state index contributed by atoms with van der Waals surface area (Å²) in [7, 11) is 2.05. The summed E-state index contributed by atoms with van der Waals surface area (Å²) in [5, 5.41) is 3.06. The first-order chi connectivity index (χ1) is 12.3. The summed E-state index contributed by atoms with van der Waals surface area (Å²) in [6.07, 6.45) is -2.75. The first kappa shape index (κ1) is 19.4. The number of aromatic nitrogens is 1. The zero-order valence-electron chi connectivity index (χ0n) is 14.3. The Bertz CT molecular complexity index is 742. The summed E-state index contributed by atoms with van der Waals surface area (Å²) < 4.78 is 40.2. The Balaban J connectivity index is 1.75. The number of piperazine rings is 1. The van der Waals surface area contributed by atoms with Crippen LogP contribution in [0.5, 0.6) is 0 Å². The lowest BCUT2D eigenvalue weighted by Crippen LogP contribution is -2.43. The highest BCUT2D eigenvalue weighted by atomic mass is 35.5. The molecule has 3 rings (SSSR count). The molecule has 1 aromatic carbocycles. The highest BCUT2D eigenvalue weighted by Gasteiger charge is 2.31. The van der Waals surface area contributed by atoms with Gasteiger partial charge < -0.3 is 10.2 Å². The van der Waals surface area contributed by atoms with Crippen LogP contribution in [0, 0.1) is 0 Å². The van der Waals surface area contributed by atoms with E-state index >= 15 is 0 Å². The van der Waals surface area contributed by atoms with Gasteiger partial charge in [-0.25, -0.2) is 4.98 Å². The zero-order chi connectivity index (χ0) is 18.7. The van der Waals surface area contributed by atoms with Crippen LogP contribution < -0.4 is 5.32 Å². The van der Waals surface area contributed by atoms with Gasteiger partial charge in [-0.3, -0.25) is 4.90 Å². The molecule has 1 fully saturated rings. The van der Waals surface area contributed by atoms with Gasteiger partial charge in [0, 0.05) is 49.5 Å². The smallest absolute Gasteiger partial charge is 0.380 e. The first-order valence-corrected chi connectivity index (χ1v) is 9.45. The predicted octanol–water partition coefficient (Wildman–Crippen LogP) is 4.17. The van der Waals surface area contributed by atoms with E-state index in [0.29, 0.717) is 28.8 Å². The minimum atomic E-state index is -4.37. The highest BCUT2D eigenvalue weighted by molar-refractivity contribution is 7.15. The van der Waals surface area contributed by atoms with Gasteiger partial charge in [-0.2, -0.15) is 13.2 Å². The van der Waals surface area contributed by atoms with Crippen molar-refractivity contribution in [1.29, 1.82) is 0 Å². The molecule has 142 valence electrons. The van der Waals surface area contributed by atoms with Crippen LogP contribution in [0.4, 0.5) is 18.9 Å². The number of hydrogen-bond acceptors (Lipinski definition) is 5. The summed E-state index contributed by atoms with van der Waals surface area (Å²) in [5.74, 6) is 0. The molecule has 0 unspecified atom stereocenters. The summed E-state index contributed by atoms with van der Waals surface area (Å²) in [6.45, 7) is 4.47. The van der Waals surface area contributed by atoms with Crippen LogP contribution in [-0.4, -0.2) is 48.0 Å². The molecule has 4 nitrogen and oxygen atoms in total. The number of nitrogens with zero attached hydrogens (tertiary/aromatic N) is 3. The van der Waals surface area contributed by atoms with E-state index in [4.69, 9.17) is 11.6 Å². The van der Waals surface area contributed by atoms with Crippen molar-refractivity contribution >= 4 is 28.6 Å². The molecule has 0 amide bonds. The fourth-order valence-corrected chi connectivity index (χ4v) is 3.79. The molecule has 1 saturated heterocycles. The van der Waals surface area contributed by atoms with Crippen LogP contribution in [-0.2, 0) is 19.3 Å². The molecule has 1 aliphatic rings.